The van der Waals surface area contributed by atoms with E-state index in [0.717, 1.165) is 6.42 Å². The minimum atomic E-state index is -3.51. The number of likely N-dealkylation sites (N-methyl/N-ethyl adjacent to an activating group) is 1. The number of hydrogen-bond donors (Lipinski definition) is 1. The first-order valence-electron chi connectivity index (χ1n) is 6.44. The van der Waals surface area contributed by atoms with Crippen LogP contribution in [0.2, 0.25) is 5.02 Å². The summed E-state index contributed by atoms with van der Waals surface area (Å²) in [6, 6.07) is 3.16. The lowest BCUT2D eigenvalue weighted by atomic mass is 10.0. The van der Waals surface area contributed by atoms with Crippen molar-refractivity contribution in [2.24, 2.45) is 5.92 Å². The van der Waals surface area contributed by atoms with Crippen LogP contribution < -0.4 is 5.32 Å². The molecule has 0 amide bonds. The van der Waals surface area contributed by atoms with Crippen LogP contribution in [-0.4, -0.2) is 32.4 Å². The molecule has 1 N–H and O–H groups in total. The van der Waals surface area contributed by atoms with Gasteiger partial charge in [-0.2, -0.15) is 4.31 Å². The first kappa shape index (κ1) is 16.1. The number of sulfonamides is 1. The summed E-state index contributed by atoms with van der Waals surface area (Å²) in [4.78, 5) is 0.266. The van der Waals surface area contributed by atoms with Crippen molar-refractivity contribution in [3.63, 3.8) is 0 Å². The van der Waals surface area contributed by atoms with E-state index in [4.69, 9.17) is 11.6 Å². The van der Waals surface area contributed by atoms with Gasteiger partial charge in [-0.3, -0.25) is 0 Å². The maximum Gasteiger partial charge on any atom is 0.245 e. The van der Waals surface area contributed by atoms with Crippen molar-refractivity contribution >= 4 is 43.2 Å². The molecule has 0 saturated carbocycles. The van der Waals surface area contributed by atoms with Crippen LogP contribution in [0.25, 0.3) is 0 Å². The Morgan fingerprint density at radius 1 is 1.50 bits per heavy atom. The molecule has 0 unspecified atom stereocenters. The third kappa shape index (κ3) is 2.98. The maximum atomic E-state index is 12.7. The highest BCUT2D eigenvalue weighted by Crippen LogP contribution is 2.36. The number of benzene rings is 1. The molecule has 0 fully saturated rings. The molecule has 1 aliphatic heterocycles. The number of halogens is 2. The largest absolute Gasteiger partial charge is 0.382 e. The maximum absolute atomic E-state index is 12.7. The van der Waals surface area contributed by atoms with E-state index in [0.29, 0.717) is 27.6 Å². The van der Waals surface area contributed by atoms with E-state index < -0.39 is 10.0 Å². The Hall–Kier alpha value is -0.300. The van der Waals surface area contributed by atoms with Gasteiger partial charge in [-0.15, -0.1) is 0 Å². The molecule has 0 saturated heterocycles. The SMILES string of the molecule is CC(C)C[C@@H]1CNc2cc(Cl)c(Br)cc2S(=O)(=O)N1C. The van der Waals surface area contributed by atoms with Gasteiger partial charge in [0.25, 0.3) is 0 Å². The zero-order valence-electron chi connectivity index (χ0n) is 11.7. The number of nitrogens with one attached hydrogen (secondary N) is 1. The van der Waals surface area contributed by atoms with Crippen LogP contribution in [0.4, 0.5) is 5.69 Å². The standard InChI is InChI=1S/C13H18BrClN2O2S/c1-8(2)4-9-7-16-12-6-11(15)10(14)5-13(12)20(18,19)17(9)3/h5-6,8-9,16H,4,7H2,1-3H3/t9-/m1/s1. The zero-order valence-corrected chi connectivity index (χ0v) is 14.8. The molecule has 0 aromatic heterocycles. The van der Waals surface area contributed by atoms with Gasteiger partial charge in [0.05, 0.1) is 10.7 Å². The van der Waals surface area contributed by atoms with E-state index in [1.54, 1.807) is 19.2 Å². The van der Waals surface area contributed by atoms with Crippen LogP contribution in [-0.2, 0) is 10.0 Å². The lowest BCUT2D eigenvalue weighted by Crippen LogP contribution is -2.39. The smallest absolute Gasteiger partial charge is 0.245 e. The summed E-state index contributed by atoms with van der Waals surface area (Å²) in [5.74, 6) is 0.427. The summed E-state index contributed by atoms with van der Waals surface area (Å²) in [7, 11) is -1.87. The van der Waals surface area contributed by atoms with Gasteiger partial charge < -0.3 is 5.32 Å². The summed E-state index contributed by atoms with van der Waals surface area (Å²) in [6.07, 6.45) is 0.811. The first-order valence-corrected chi connectivity index (χ1v) is 9.05. The fraction of sp³-hybridized carbons (Fsp3) is 0.538. The quantitative estimate of drug-likeness (QED) is 0.852. The topological polar surface area (TPSA) is 49.4 Å². The van der Waals surface area contributed by atoms with E-state index in [9.17, 15) is 8.42 Å². The van der Waals surface area contributed by atoms with E-state index in [1.165, 1.54) is 4.31 Å². The van der Waals surface area contributed by atoms with Crippen LogP contribution in [0.15, 0.2) is 21.5 Å². The van der Waals surface area contributed by atoms with Gasteiger partial charge in [-0.1, -0.05) is 25.4 Å². The molecule has 0 bridgehead atoms. The number of nitrogens with zero attached hydrogens (tertiary/aromatic N) is 1. The van der Waals surface area contributed by atoms with Crippen LogP contribution in [0, 0.1) is 5.92 Å². The highest BCUT2D eigenvalue weighted by molar-refractivity contribution is 9.10. The van der Waals surface area contributed by atoms with E-state index in [2.05, 4.69) is 35.1 Å². The van der Waals surface area contributed by atoms with Crippen LogP contribution in [0.5, 0.6) is 0 Å². The third-order valence-electron chi connectivity index (χ3n) is 3.47. The molecule has 0 spiro atoms. The van der Waals surface area contributed by atoms with Crippen LogP contribution >= 0.6 is 27.5 Å². The van der Waals surface area contributed by atoms with Gasteiger partial charge in [0.15, 0.2) is 0 Å². The number of anilines is 1. The highest BCUT2D eigenvalue weighted by Gasteiger charge is 2.33. The van der Waals surface area contributed by atoms with E-state index in [-0.39, 0.29) is 10.9 Å². The summed E-state index contributed by atoms with van der Waals surface area (Å²) in [5, 5.41) is 3.71. The Balaban J connectivity index is 2.50. The molecular formula is C13H18BrClN2O2S. The molecule has 4 nitrogen and oxygen atoms in total. The molecule has 0 aliphatic carbocycles. The number of rotatable bonds is 2. The minimum Gasteiger partial charge on any atom is -0.382 e. The van der Waals surface area contributed by atoms with Crippen molar-refractivity contribution in [2.45, 2.75) is 31.2 Å². The fourth-order valence-corrected chi connectivity index (χ4v) is 4.56. The zero-order chi connectivity index (χ0) is 15.1. The van der Waals surface area contributed by atoms with Crippen molar-refractivity contribution in [3.05, 3.63) is 21.6 Å². The summed E-state index contributed by atoms with van der Waals surface area (Å²) in [6.45, 7) is 4.76. The average molecular weight is 382 g/mol. The summed E-state index contributed by atoms with van der Waals surface area (Å²) >= 11 is 9.34. The highest BCUT2D eigenvalue weighted by atomic mass is 79.9. The normalized spacial score (nSPS) is 22.2. The second-order valence-corrected chi connectivity index (χ2v) is 8.68. The lowest BCUT2D eigenvalue weighted by Gasteiger charge is -2.26. The second kappa shape index (κ2) is 5.83. The van der Waals surface area contributed by atoms with Crippen LogP contribution in [0.1, 0.15) is 20.3 Å². The predicted molar refractivity (Wildman–Crippen MR) is 85.8 cm³/mol. The van der Waals surface area contributed by atoms with Crippen molar-refractivity contribution < 1.29 is 8.42 Å². The van der Waals surface area contributed by atoms with Gasteiger partial charge in [0.1, 0.15) is 4.90 Å². The van der Waals surface area contributed by atoms with Gasteiger partial charge in [0, 0.05) is 24.1 Å². The molecule has 1 aliphatic rings. The number of hydrogen-bond acceptors (Lipinski definition) is 3. The molecule has 7 heteroatoms. The molecule has 0 radical (unpaired) electrons. The third-order valence-corrected chi connectivity index (χ3v) is 6.61. The average Bonchev–Trinajstić information content (AvgIpc) is 2.42. The van der Waals surface area contributed by atoms with Gasteiger partial charge in [0.2, 0.25) is 10.0 Å². The van der Waals surface area contributed by atoms with Crippen molar-refractivity contribution in [3.8, 4) is 0 Å². The Morgan fingerprint density at radius 2 is 2.15 bits per heavy atom. The Bertz CT molecular complexity index is 619. The van der Waals surface area contributed by atoms with Gasteiger partial charge in [-0.25, -0.2) is 8.42 Å². The molecule has 1 atom stereocenters. The first-order chi connectivity index (χ1) is 9.23. The molecule has 2 rings (SSSR count). The Morgan fingerprint density at radius 3 is 2.75 bits per heavy atom. The summed E-state index contributed by atoms with van der Waals surface area (Å²) < 4.78 is 27.4. The minimum absolute atomic E-state index is 0.0649. The molecule has 112 valence electrons. The van der Waals surface area contributed by atoms with E-state index in [1.807, 2.05) is 0 Å². The number of fused-ring (bicyclic) bond motifs is 1. The van der Waals surface area contributed by atoms with Gasteiger partial charge in [-0.05, 0) is 40.4 Å². The molecule has 1 aromatic rings. The predicted octanol–water partition coefficient (Wildman–Crippen LogP) is 3.56. The molecule has 1 aromatic carbocycles. The van der Waals surface area contributed by atoms with Crippen LogP contribution in [0.3, 0.4) is 0 Å². The second-order valence-electron chi connectivity index (χ2n) is 5.45. The Kier molecular flexibility index (Phi) is 4.69. The molecular weight excluding hydrogens is 364 g/mol. The van der Waals surface area contributed by atoms with E-state index >= 15 is 0 Å². The Labute approximate surface area is 133 Å². The van der Waals surface area contributed by atoms with Crippen molar-refractivity contribution in [1.29, 1.82) is 0 Å². The monoisotopic (exact) mass is 380 g/mol. The van der Waals surface area contributed by atoms with Crippen molar-refractivity contribution in [2.75, 3.05) is 18.9 Å². The lowest BCUT2D eigenvalue weighted by molar-refractivity contribution is 0.332. The van der Waals surface area contributed by atoms with Crippen molar-refractivity contribution in [1.82, 2.24) is 4.31 Å². The van der Waals surface area contributed by atoms with Gasteiger partial charge >= 0.3 is 0 Å². The molecule has 20 heavy (non-hydrogen) atoms. The summed E-state index contributed by atoms with van der Waals surface area (Å²) in [5.41, 5.74) is 0.566. The molecule has 1 heterocycles. The fourth-order valence-electron chi connectivity index (χ4n) is 2.36.